The maximum absolute atomic E-state index is 13.2. The summed E-state index contributed by atoms with van der Waals surface area (Å²) in [5, 5.41) is 1.07. The third-order valence-electron chi connectivity index (χ3n) is 4.83. The second-order valence-electron chi connectivity index (χ2n) is 6.91. The van der Waals surface area contributed by atoms with E-state index in [0.717, 1.165) is 53.0 Å². The number of likely N-dealkylation sites (tertiary alicyclic amines) is 1. The largest absolute Gasteiger partial charge is 0.329 e. The van der Waals surface area contributed by atoms with Crippen molar-refractivity contribution in [1.29, 1.82) is 0 Å². The molecule has 0 N–H and O–H groups in total. The fraction of sp³-hybridized carbons (Fsp3) is 0.333. The predicted molar refractivity (Wildman–Crippen MR) is 103 cm³/mol. The molecule has 0 aliphatic carbocycles. The van der Waals surface area contributed by atoms with E-state index in [9.17, 15) is 4.79 Å². The second kappa shape index (κ2) is 6.60. The van der Waals surface area contributed by atoms with E-state index in [4.69, 9.17) is 4.98 Å². The van der Waals surface area contributed by atoms with Gasteiger partial charge in [-0.25, -0.2) is 4.98 Å². The molecule has 4 heteroatoms. The molecule has 1 amide bonds. The van der Waals surface area contributed by atoms with Crippen molar-refractivity contribution in [1.82, 2.24) is 9.88 Å². The summed E-state index contributed by atoms with van der Waals surface area (Å²) in [4.78, 5) is 20.1. The lowest BCUT2D eigenvalue weighted by Crippen LogP contribution is -2.38. The Morgan fingerprint density at radius 1 is 1.12 bits per heavy atom. The molecule has 3 nitrogen and oxygen atoms in total. The highest BCUT2D eigenvalue weighted by Gasteiger charge is 2.31. The normalized spacial score (nSPS) is 17.8. The SMILES string of the molecule is Cc1cc(C)cc(C(=O)N2CCCC[C@@H]2c2nc3ccccc3s2)c1. The number of piperidine rings is 1. The van der Waals surface area contributed by atoms with E-state index >= 15 is 0 Å². The third-order valence-corrected chi connectivity index (χ3v) is 5.97. The molecule has 1 aliphatic rings. The zero-order valence-electron chi connectivity index (χ0n) is 14.7. The van der Waals surface area contributed by atoms with E-state index < -0.39 is 0 Å². The molecular weight excluding hydrogens is 328 g/mol. The summed E-state index contributed by atoms with van der Waals surface area (Å²) >= 11 is 1.72. The Balaban J connectivity index is 1.69. The Kier molecular flexibility index (Phi) is 4.30. The van der Waals surface area contributed by atoms with Gasteiger partial charge in [0.15, 0.2) is 0 Å². The van der Waals surface area contributed by atoms with Crippen LogP contribution in [0.25, 0.3) is 10.2 Å². The fourth-order valence-electron chi connectivity index (χ4n) is 3.73. The van der Waals surface area contributed by atoms with Crippen LogP contribution in [0, 0.1) is 13.8 Å². The van der Waals surface area contributed by atoms with Gasteiger partial charge in [0.25, 0.3) is 5.91 Å². The van der Waals surface area contributed by atoms with Crippen molar-refractivity contribution >= 4 is 27.5 Å². The molecule has 0 bridgehead atoms. The fourth-order valence-corrected chi connectivity index (χ4v) is 4.84. The number of carbonyl (C=O) groups is 1. The molecule has 25 heavy (non-hydrogen) atoms. The summed E-state index contributed by atoms with van der Waals surface area (Å²) in [5.74, 6) is 0.135. The van der Waals surface area contributed by atoms with Crippen molar-refractivity contribution in [3.8, 4) is 0 Å². The van der Waals surface area contributed by atoms with E-state index in [0.29, 0.717) is 0 Å². The second-order valence-corrected chi connectivity index (χ2v) is 7.97. The Morgan fingerprint density at radius 3 is 2.64 bits per heavy atom. The number of para-hydroxylation sites is 1. The molecule has 3 aromatic rings. The quantitative estimate of drug-likeness (QED) is 0.630. The Labute approximate surface area is 152 Å². The Hall–Kier alpha value is -2.20. The highest BCUT2D eigenvalue weighted by atomic mass is 32.1. The minimum Gasteiger partial charge on any atom is -0.329 e. The molecule has 0 unspecified atom stereocenters. The topological polar surface area (TPSA) is 33.2 Å². The summed E-state index contributed by atoms with van der Waals surface area (Å²) in [6, 6.07) is 14.4. The number of hydrogen-bond donors (Lipinski definition) is 0. The third kappa shape index (κ3) is 3.19. The summed E-state index contributed by atoms with van der Waals surface area (Å²) in [6.07, 6.45) is 3.21. The van der Waals surface area contributed by atoms with Gasteiger partial charge >= 0.3 is 0 Å². The predicted octanol–water partition coefficient (Wildman–Crippen LogP) is 5.28. The van der Waals surface area contributed by atoms with Gasteiger partial charge in [-0.2, -0.15) is 0 Å². The van der Waals surface area contributed by atoms with E-state index in [1.807, 2.05) is 49.1 Å². The highest BCUT2D eigenvalue weighted by Crippen LogP contribution is 2.36. The number of nitrogens with zero attached hydrogens (tertiary/aromatic N) is 2. The smallest absolute Gasteiger partial charge is 0.254 e. The number of aryl methyl sites for hydroxylation is 2. The van der Waals surface area contributed by atoms with Crippen molar-refractivity contribution in [3.05, 3.63) is 64.2 Å². The van der Waals surface area contributed by atoms with Gasteiger partial charge in [0.1, 0.15) is 5.01 Å². The minimum absolute atomic E-state index is 0.0967. The van der Waals surface area contributed by atoms with Crippen LogP contribution in [0.4, 0.5) is 0 Å². The van der Waals surface area contributed by atoms with Gasteiger partial charge in [-0.3, -0.25) is 4.79 Å². The maximum atomic E-state index is 13.2. The number of amides is 1. The van der Waals surface area contributed by atoms with Crippen LogP contribution in [0.5, 0.6) is 0 Å². The van der Waals surface area contributed by atoms with Gasteiger partial charge in [-0.05, 0) is 57.4 Å². The lowest BCUT2D eigenvalue weighted by atomic mass is 10.00. The van der Waals surface area contributed by atoms with Gasteiger partial charge < -0.3 is 4.90 Å². The molecule has 4 rings (SSSR count). The molecule has 1 fully saturated rings. The van der Waals surface area contributed by atoms with Crippen molar-refractivity contribution in [2.24, 2.45) is 0 Å². The first-order valence-electron chi connectivity index (χ1n) is 8.86. The van der Waals surface area contributed by atoms with Crippen LogP contribution in [0.2, 0.25) is 0 Å². The van der Waals surface area contributed by atoms with Gasteiger partial charge in [-0.1, -0.05) is 29.3 Å². The van der Waals surface area contributed by atoms with E-state index in [1.165, 1.54) is 4.70 Å². The number of hydrogen-bond acceptors (Lipinski definition) is 3. The standard InChI is InChI=1S/C21H22N2OS/c1-14-11-15(2)13-16(12-14)21(24)23-10-6-5-8-18(23)20-22-17-7-3-4-9-19(17)25-20/h3-4,7,9,11-13,18H,5-6,8,10H2,1-2H3/t18-/m1/s1. The van der Waals surface area contributed by atoms with Crippen LogP contribution in [0.1, 0.15) is 51.8 Å². The zero-order chi connectivity index (χ0) is 17.4. The van der Waals surface area contributed by atoms with Crippen LogP contribution >= 0.6 is 11.3 Å². The number of aromatic nitrogens is 1. The van der Waals surface area contributed by atoms with Gasteiger partial charge in [0, 0.05) is 12.1 Å². The number of benzene rings is 2. The molecule has 0 spiro atoms. The summed E-state index contributed by atoms with van der Waals surface area (Å²) in [6.45, 7) is 4.91. The first-order valence-corrected chi connectivity index (χ1v) is 9.68. The van der Waals surface area contributed by atoms with Gasteiger partial charge in [0.2, 0.25) is 0 Å². The van der Waals surface area contributed by atoms with E-state index in [2.05, 4.69) is 12.1 Å². The molecule has 0 saturated carbocycles. The average molecular weight is 350 g/mol. The van der Waals surface area contributed by atoms with Crippen LogP contribution in [0.3, 0.4) is 0 Å². The molecule has 128 valence electrons. The summed E-state index contributed by atoms with van der Waals surface area (Å²) in [5.41, 5.74) is 4.10. The van der Waals surface area contributed by atoms with Crippen molar-refractivity contribution in [3.63, 3.8) is 0 Å². The number of thiazole rings is 1. The molecule has 2 aromatic carbocycles. The molecule has 2 heterocycles. The molecule has 1 aliphatic heterocycles. The van der Waals surface area contributed by atoms with Crippen molar-refractivity contribution < 1.29 is 4.79 Å². The summed E-state index contributed by atoms with van der Waals surface area (Å²) in [7, 11) is 0. The van der Waals surface area contributed by atoms with Crippen molar-refractivity contribution in [2.45, 2.75) is 39.2 Å². The average Bonchev–Trinajstić information content (AvgIpc) is 3.04. The first kappa shape index (κ1) is 16.3. The lowest BCUT2D eigenvalue weighted by molar-refractivity contribution is 0.0611. The molecular formula is C21H22N2OS. The Bertz CT molecular complexity index is 877. The molecule has 1 atom stereocenters. The molecule has 1 saturated heterocycles. The van der Waals surface area contributed by atoms with Crippen LogP contribution in [-0.2, 0) is 0 Å². The first-order chi connectivity index (χ1) is 12.1. The van der Waals surface area contributed by atoms with Crippen molar-refractivity contribution in [2.75, 3.05) is 6.54 Å². The molecule has 0 radical (unpaired) electrons. The van der Waals surface area contributed by atoms with Crippen LogP contribution < -0.4 is 0 Å². The van der Waals surface area contributed by atoms with Gasteiger partial charge in [-0.15, -0.1) is 11.3 Å². The minimum atomic E-state index is 0.0967. The number of fused-ring (bicyclic) bond motifs is 1. The zero-order valence-corrected chi connectivity index (χ0v) is 15.5. The maximum Gasteiger partial charge on any atom is 0.254 e. The monoisotopic (exact) mass is 350 g/mol. The van der Waals surface area contributed by atoms with Crippen LogP contribution in [-0.4, -0.2) is 22.3 Å². The number of rotatable bonds is 2. The number of carbonyl (C=O) groups excluding carboxylic acids is 1. The molecule has 1 aromatic heterocycles. The Morgan fingerprint density at radius 2 is 1.88 bits per heavy atom. The van der Waals surface area contributed by atoms with Gasteiger partial charge in [0.05, 0.1) is 16.3 Å². The van der Waals surface area contributed by atoms with Crippen LogP contribution in [0.15, 0.2) is 42.5 Å². The lowest BCUT2D eigenvalue weighted by Gasteiger charge is -2.34. The van der Waals surface area contributed by atoms with E-state index in [1.54, 1.807) is 11.3 Å². The highest BCUT2D eigenvalue weighted by molar-refractivity contribution is 7.18. The summed E-state index contributed by atoms with van der Waals surface area (Å²) < 4.78 is 1.20. The van der Waals surface area contributed by atoms with E-state index in [-0.39, 0.29) is 11.9 Å².